The molecule has 186 valence electrons. The zero-order valence-electron chi connectivity index (χ0n) is 18.7. The first-order valence-electron chi connectivity index (χ1n) is 10.8. The number of nitrogens with one attached hydrogen (secondary N) is 2. The third-order valence-corrected chi connectivity index (χ3v) is 5.73. The first-order valence-corrected chi connectivity index (χ1v) is 12.6. The van der Waals surface area contributed by atoms with E-state index in [1.165, 1.54) is 6.07 Å². The summed E-state index contributed by atoms with van der Waals surface area (Å²) in [6.07, 6.45) is 1.59. The fraction of sp³-hybridized carbons (Fsp3) is 0.524. The van der Waals surface area contributed by atoms with Gasteiger partial charge in [-0.1, -0.05) is 6.07 Å². The average molecular weight is 498 g/mol. The molecule has 0 spiro atoms. The number of anilines is 1. The molecule has 12 nitrogen and oxygen atoms in total. The van der Waals surface area contributed by atoms with E-state index in [-0.39, 0.29) is 30.6 Å². The molecule has 2 aliphatic heterocycles. The van der Waals surface area contributed by atoms with Gasteiger partial charge in [-0.2, -0.15) is 8.42 Å². The lowest BCUT2D eigenvalue weighted by molar-refractivity contribution is -0.136. The Balaban J connectivity index is 1.42. The van der Waals surface area contributed by atoms with Crippen molar-refractivity contribution in [3.8, 4) is 0 Å². The van der Waals surface area contributed by atoms with Crippen molar-refractivity contribution in [3.05, 3.63) is 29.3 Å². The largest absolute Gasteiger partial charge is 0.382 e. The van der Waals surface area contributed by atoms with Crippen molar-refractivity contribution in [1.29, 1.82) is 0 Å². The van der Waals surface area contributed by atoms with Gasteiger partial charge in [-0.25, -0.2) is 0 Å². The van der Waals surface area contributed by atoms with Crippen LogP contribution in [0.5, 0.6) is 0 Å². The van der Waals surface area contributed by atoms with Crippen LogP contribution in [-0.2, 0) is 33.4 Å². The second-order valence-corrected chi connectivity index (χ2v) is 9.35. The lowest BCUT2D eigenvalue weighted by Crippen LogP contribution is -2.54. The van der Waals surface area contributed by atoms with Crippen molar-refractivity contribution < 1.29 is 41.3 Å². The Labute approximate surface area is 197 Å². The van der Waals surface area contributed by atoms with Crippen molar-refractivity contribution in [2.75, 3.05) is 51.2 Å². The zero-order chi connectivity index (χ0) is 24.7. The van der Waals surface area contributed by atoms with Crippen molar-refractivity contribution in [1.82, 2.24) is 10.2 Å². The lowest BCUT2D eigenvalue weighted by Gasteiger charge is -2.27. The quantitative estimate of drug-likeness (QED) is 0.214. The highest BCUT2D eigenvalue weighted by Gasteiger charge is 2.45. The molecule has 13 heteroatoms. The molecule has 1 unspecified atom stereocenters. The van der Waals surface area contributed by atoms with E-state index < -0.39 is 39.8 Å². The molecule has 2 aliphatic rings. The van der Waals surface area contributed by atoms with Gasteiger partial charge < -0.3 is 14.8 Å². The maximum absolute atomic E-state index is 13.0. The van der Waals surface area contributed by atoms with Crippen LogP contribution >= 0.6 is 0 Å². The summed E-state index contributed by atoms with van der Waals surface area (Å²) in [7, 11) is -3.44. The molecular weight excluding hydrogens is 470 g/mol. The summed E-state index contributed by atoms with van der Waals surface area (Å²) in [5.41, 5.74) is 0.849. The van der Waals surface area contributed by atoms with Crippen molar-refractivity contribution >= 4 is 39.4 Å². The van der Waals surface area contributed by atoms with Crippen LogP contribution in [0.2, 0.25) is 0 Å². The molecule has 4 amide bonds. The number of carbonyl (C=O) groups excluding carboxylic acids is 4. The van der Waals surface area contributed by atoms with Crippen LogP contribution in [0.1, 0.15) is 40.0 Å². The fourth-order valence-electron chi connectivity index (χ4n) is 3.61. The van der Waals surface area contributed by atoms with Gasteiger partial charge in [-0.15, -0.1) is 0 Å². The fourth-order valence-corrected chi connectivity index (χ4v) is 4.03. The molecule has 0 aromatic heterocycles. The molecule has 0 aliphatic carbocycles. The number of amides is 4. The van der Waals surface area contributed by atoms with Crippen molar-refractivity contribution in [2.45, 2.75) is 25.3 Å². The van der Waals surface area contributed by atoms with E-state index in [0.717, 1.165) is 11.2 Å². The predicted octanol–water partition coefficient (Wildman–Crippen LogP) is -0.101. The Kier molecular flexibility index (Phi) is 8.72. The molecule has 1 saturated heterocycles. The van der Waals surface area contributed by atoms with E-state index in [9.17, 15) is 27.6 Å². The number of carbonyl (C=O) groups is 4. The summed E-state index contributed by atoms with van der Waals surface area (Å²) in [6.45, 7) is 1.72. The lowest BCUT2D eigenvalue weighted by atomic mass is 10.0. The van der Waals surface area contributed by atoms with E-state index in [1.54, 1.807) is 12.1 Å². The maximum atomic E-state index is 13.0. The molecular formula is C21H27N3O9S. The summed E-state index contributed by atoms with van der Waals surface area (Å²) in [4.78, 5) is 50.3. The predicted molar refractivity (Wildman–Crippen MR) is 119 cm³/mol. The third kappa shape index (κ3) is 6.59. The number of hydrogen-bond donors (Lipinski definition) is 2. The van der Waals surface area contributed by atoms with Gasteiger partial charge in [0.1, 0.15) is 6.04 Å². The summed E-state index contributed by atoms with van der Waals surface area (Å²) >= 11 is 0. The van der Waals surface area contributed by atoms with E-state index in [1.807, 2.05) is 0 Å². The van der Waals surface area contributed by atoms with Gasteiger partial charge in [-0.05, 0) is 25.0 Å². The number of piperidine rings is 1. The Hall–Kier alpha value is -2.87. The van der Waals surface area contributed by atoms with Crippen molar-refractivity contribution in [2.24, 2.45) is 0 Å². The number of benzene rings is 1. The van der Waals surface area contributed by atoms with Crippen LogP contribution in [-0.4, -0.2) is 88.8 Å². The van der Waals surface area contributed by atoms with Crippen LogP contribution in [0, 0.1) is 0 Å². The molecule has 0 saturated carbocycles. The molecule has 34 heavy (non-hydrogen) atoms. The molecule has 0 radical (unpaired) electrons. The van der Waals surface area contributed by atoms with Gasteiger partial charge >= 0.3 is 0 Å². The first-order chi connectivity index (χ1) is 16.2. The minimum absolute atomic E-state index is 0.0599. The molecule has 1 atom stereocenters. The van der Waals surface area contributed by atoms with Crippen LogP contribution < -0.4 is 10.6 Å². The minimum atomic E-state index is -3.44. The summed E-state index contributed by atoms with van der Waals surface area (Å²) in [6, 6.07) is 3.82. The topological polar surface area (TPSA) is 157 Å². The van der Waals surface area contributed by atoms with Crippen molar-refractivity contribution in [3.63, 3.8) is 0 Å². The minimum Gasteiger partial charge on any atom is -0.382 e. The van der Waals surface area contributed by atoms with E-state index >= 15 is 0 Å². The summed E-state index contributed by atoms with van der Waals surface area (Å²) in [5.74, 6) is -2.22. The second kappa shape index (κ2) is 11.5. The molecule has 2 N–H and O–H groups in total. The highest BCUT2D eigenvalue weighted by atomic mass is 32.2. The molecule has 0 bridgehead atoms. The van der Waals surface area contributed by atoms with Crippen LogP contribution in [0.25, 0.3) is 0 Å². The van der Waals surface area contributed by atoms with Crippen LogP contribution in [0.3, 0.4) is 0 Å². The zero-order valence-corrected chi connectivity index (χ0v) is 19.5. The van der Waals surface area contributed by atoms with Gasteiger partial charge in [0.05, 0.1) is 43.8 Å². The SMILES string of the molecule is CS(=O)(=O)OCCCOCCOCCNc1cccc2c1C(=O)N(C1CCC(=O)NC1=O)C2=O. The number of ether oxygens (including phenoxy) is 2. The van der Waals surface area contributed by atoms with Crippen LogP contribution in [0.4, 0.5) is 5.69 Å². The summed E-state index contributed by atoms with van der Waals surface area (Å²) < 4.78 is 37.0. The monoisotopic (exact) mass is 497 g/mol. The second-order valence-electron chi connectivity index (χ2n) is 7.71. The Morgan fingerprint density at radius 3 is 2.47 bits per heavy atom. The summed E-state index contributed by atoms with van der Waals surface area (Å²) in [5, 5.41) is 5.25. The van der Waals surface area contributed by atoms with Gasteiger partial charge in [0.15, 0.2) is 0 Å². The number of nitrogens with zero attached hydrogens (tertiary/aromatic N) is 1. The van der Waals surface area contributed by atoms with Crippen LogP contribution in [0.15, 0.2) is 18.2 Å². The average Bonchev–Trinajstić information content (AvgIpc) is 3.02. The first kappa shape index (κ1) is 25.7. The van der Waals surface area contributed by atoms with E-state index in [2.05, 4.69) is 14.8 Å². The number of hydrogen-bond acceptors (Lipinski definition) is 10. The smallest absolute Gasteiger partial charge is 0.264 e. The van der Waals surface area contributed by atoms with Gasteiger partial charge in [-0.3, -0.25) is 33.6 Å². The van der Waals surface area contributed by atoms with Gasteiger partial charge in [0, 0.05) is 25.3 Å². The molecule has 2 heterocycles. The normalized spacial score (nSPS) is 18.3. The maximum Gasteiger partial charge on any atom is 0.264 e. The standard InChI is InChI=1S/C21H27N3O9S/c1-34(29,30)33-10-3-9-31-12-13-32-11-8-22-15-5-2-4-14-18(15)21(28)24(20(14)27)16-6-7-17(25)23-19(16)26/h2,4-5,16,22H,3,6-13H2,1H3,(H,23,25,26). The third-order valence-electron chi connectivity index (χ3n) is 5.13. The molecule has 1 aromatic carbocycles. The number of fused-ring (bicyclic) bond motifs is 1. The highest BCUT2D eigenvalue weighted by molar-refractivity contribution is 7.85. The highest BCUT2D eigenvalue weighted by Crippen LogP contribution is 2.32. The molecule has 1 fully saturated rings. The molecule has 3 rings (SSSR count). The van der Waals surface area contributed by atoms with Gasteiger partial charge in [0.2, 0.25) is 11.8 Å². The Morgan fingerprint density at radius 1 is 1.03 bits per heavy atom. The number of rotatable bonds is 13. The van der Waals surface area contributed by atoms with E-state index in [0.29, 0.717) is 45.1 Å². The number of imide groups is 2. The Morgan fingerprint density at radius 2 is 1.76 bits per heavy atom. The molecule has 1 aromatic rings. The Bertz CT molecular complexity index is 1060. The van der Waals surface area contributed by atoms with E-state index in [4.69, 9.17) is 9.47 Å². The van der Waals surface area contributed by atoms with Gasteiger partial charge in [0.25, 0.3) is 21.9 Å².